The molecule has 0 bridgehead atoms. The maximum atomic E-state index is 13.0. The second-order valence-electron chi connectivity index (χ2n) is 8.11. The zero-order chi connectivity index (χ0) is 23.2. The van der Waals surface area contributed by atoms with Crippen molar-refractivity contribution >= 4 is 21.1 Å². The van der Waals surface area contributed by atoms with Gasteiger partial charge in [0.1, 0.15) is 16.9 Å². The largest absolute Gasteiger partial charge is 0.393 e. The first-order valence-electron chi connectivity index (χ1n) is 10.7. The lowest BCUT2D eigenvalue weighted by molar-refractivity contribution is 0.113. The number of aryl methyl sites for hydroxylation is 1. The molecule has 0 unspecified atom stereocenters. The Morgan fingerprint density at radius 3 is 2.33 bits per heavy atom. The van der Waals surface area contributed by atoms with E-state index in [0.29, 0.717) is 54.0 Å². The van der Waals surface area contributed by atoms with E-state index in [1.165, 1.54) is 16.4 Å². The van der Waals surface area contributed by atoms with Gasteiger partial charge in [-0.05, 0) is 37.1 Å². The first kappa shape index (κ1) is 21.5. The Labute approximate surface area is 190 Å². The molecule has 1 aliphatic rings. The van der Waals surface area contributed by atoms with Crippen LogP contribution in [0.3, 0.4) is 0 Å². The summed E-state index contributed by atoms with van der Waals surface area (Å²) < 4.78 is 28.8. The Bertz CT molecular complexity index is 1470. The van der Waals surface area contributed by atoms with Gasteiger partial charge in [-0.2, -0.15) is 9.40 Å². The number of rotatable bonds is 4. The summed E-state index contributed by atoms with van der Waals surface area (Å²) in [4.78, 5) is 20.5. The predicted octanol–water partition coefficient (Wildman–Crippen LogP) is 2.14. The van der Waals surface area contributed by atoms with E-state index in [2.05, 4.69) is 15.1 Å². The number of fused-ring (bicyclic) bond motifs is 1. The van der Waals surface area contributed by atoms with Crippen molar-refractivity contribution in [3.8, 4) is 22.6 Å². The number of aromatic nitrogens is 4. The van der Waals surface area contributed by atoms with Gasteiger partial charge in [-0.1, -0.05) is 30.3 Å². The number of nitrogens with one attached hydrogen (secondary N) is 1. The number of nitrogens with zero attached hydrogens (tertiary/aromatic N) is 4. The summed E-state index contributed by atoms with van der Waals surface area (Å²) in [5.41, 5.74) is 2.09. The summed E-state index contributed by atoms with van der Waals surface area (Å²) in [6, 6.07) is 15.7. The fraction of sp³-hybridized carbons (Fsp3) is 0.261. The monoisotopic (exact) mass is 465 g/mol. The van der Waals surface area contributed by atoms with Crippen LogP contribution >= 0.6 is 0 Å². The Kier molecular flexibility index (Phi) is 5.35. The van der Waals surface area contributed by atoms with Crippen molar-refractivity contribution < 1.29 is 13.5 Å². The molecular weight excluding hydrogens is 442 g/mol. The summed E-state index contributed by atoms with van der Waals surface area (Å²) in [5, 5.41) is 14.5. The molecule has 170 valence electrons. The van der Waals surface area contributed by atoms with Crippen LogP contribution in [-0.4, -0.2) is 56.8 Å². The molecule has 9 nitrogen and oxygen atoms in total. The van der Waals surface area contributed by atoms with Crippen LogP contribution in [0.15, 0.2) is 64.3 Å². The molecule has 2 N–H and O–H groups in total. The number of benzene rings is 2. The third-order valence-corrected chi connectivity index (χ3v) is 7.84. The molecule has 0 radical (unpaired) electrons. The molecular formula is C23H23N5O4S. The lowest BCUT2D eigenvalue weighted by atomic mass is 10.1. The van der Waals surface area contributed by atoms with E-state index in [-0.39, 0.29) is 10.5 Å². The number of hydrogen-bond acceptors (Lipinski definition) is 6. The van der Waals surface area contributed by atoms with Gasteiger partial charge in [-0.3, -0.25) is 4.79 Å². The molecule has 2 aromatic heterocycles. The molecule has 5 rings (SSSR count). The molecule has 0 spiro atoms. The van der Waals surface area contributed by atoms with Crippen LogP contribution < -0.4 is 5.56 Å². The Morgan fingerprint density at radius 1 is 1.00 bits per heavy atom. The van der Waals surface area contributed by atoms with E-state index >= 15 is 0 Å². The first-order valence-corrected chi connectivity index (χ1v) is 12.1. The van der Waals surface area contributed by atoms with Crippen molar-refractivity contribution in [2.45, 2.75) is 23.8 Å². The summed E-state index contributed by atoms with van der Waals surface area (Å²) >= 11 is 0. The van der Waals surface area contributed by atoms with Gasteiger partial charge in [0.25, 0.3) is 5.56 Å². The van der Waals surface area contributed by atoms with Crippen molar-refractivity contribution in [3.05, 3.63) is 65.0 Å². The van der Waals surface area contributed by atoms with Crippen LogP contribution in [0, 0.1) is 0 Å². The number of H-pyrrole nitrogens is 1. The minimum atomic E-state index is -3.65. The average molecular weight is 466 g/mol. The summed E-state index contributed by atoms with van der Waals surface area (Å²) in [6.45, 7) is 0.585. The van der Waals surface area contributed by atoms with Gasteiger partial charge in [0.2, 0.25) is 10.0 Å². The van der Waals surface area contributed by atoms with Gasteiger partial charge >= 0.3 is 0 Å². The molecule has 1 fully saturated rings. The van der Waals surface area contributed by atoms with Crippen LogP contribution in [0.2, 0.25) is 0 Å². The van der Waals surface area contributed by atoms with E-state index < -0.39 is 16.1 Å². The first-order chi connectivity index (χ1) is 15.8. The Morgan fingerprint density at radius 2 is 1.67 bits per heavy atom. The summed E-state index contributed by atoms with van der Waals surface area (Å²) in [5.74, 6) is 0.333. The fourth-order valence-electron chi connectivity index (χ4n) is 4.11. The van der Waals surface area contributed by atoms with Gasteiger partial charge in [0.05, 0.1) is 11.0 Å². The average Bonchev–Trinajstić information content (AvgIpc) is 3.17. The highest BCUT2D eigenvalue weighted by molar-refractivity contribution is 7.89. The lowest BCUT2D eigenvalue weighted by Crippen LogP contribution is -2.39. The number of aromatic amines is 1. The standard InChI is InChI=1S/C23H23N5O4S/c1-27-22-19(20(26-27)15-5-3-2-4-6-15)23(30)25-21(24-22)16-7-9-18(10-8-16)33(31,32)28-13-11-17(29)12-14-28/h2-10,17,29H,11-14H2,1H3,(H,24,25,30). The number of sulfonamides is 1. The van der Waals surface area contributed by atoms with E-state index in [4.69, 9.17) is 0 Å². The van der Waals surface area contributed by atoms with Crippen molar-refractivity contribution in [1.29, 1.82) is 0 Å². The zero-order valence-electron chi connectivity index (χ0n) is 18.0. The number of aliphatic hydroxyl groups is 1. The normalized spacial score (nSPS) is 15.8. The number of hydrogen-bond donors (Lipinski definition) is 2. The molecule has 0 aliphatic carbocycles. The maximum absolute atomic E-state index is 13.0. The molecule has 1 aliphatic heterocycles. The predicted molar refractivity (Wildman–Crippen MR) is 124 cm³/mol. The molecule has 3 heterocycles. The highest BCUT2D eigenvalue weighted by Crippen LogP contribution is 2.26. The SMILES string of the molecule is Cn1nc(-c2ccccc2)c2c(=O)[nH]c(-c3ccc(S(=O)(=O)N4CCC(O)CC4)cc3)nc21. The topological polar surface area (TPSA) is 121 Å². The van der Waals surface area contributed by atoms with Gasteiger partial charge < -0.3 is 10.1 Å². The van der Waals surface area contributed by atoms with Crippen LogP contribution in [0.5, 0.6) is 0 Å². The Balaban J connectivity index is 1.50. The van der Waals surface area contributed by atoms with Gasteiger partial charge in [-0.15, -0.1) is 0 Å². The van der Waals surface area contributed by atoms with E-state index in [1.807, 2.05) is 30.3 Å². The minimum absolute atomic E-state index is 0.165. The summed E-state index contributed by atoms with van der Waals surface area (Å²) in [7, 11) is -1.91. The van der Waals surface area contributed by atoms with Crippen molar-refractivity contribution in [2.75, 3.05) is 13.1 Å². The zero-order valence-corrected chi connectivity index (χ0v) is 18.8. The quantitative estimate of drug-likeness (QED) is 0.476. The molecule has 0 saturated carbocycles. The molecule has 4 aromatic rings. The van der Waals surface area contributed by atoms with Crippen LogP contribution in [0.25, 0.3) is 33.7 Å². The molecule has 1 saturated heterocycles. The smallest absolute Gasteiger partial charge is 0.262 e. The molecule has 0 amide bonds. The van der Waals surface area contributed by atoms with E-state index in [1.54, 1.807) is 23.9 Å². The van der Waals surface area contributed by atoms with Crippen LogP contribution in [-0.2, 0) is 17.1 Å². The van der Waals surface area contributed by atoms with E-state index in [9.17, 15) is 18.3 Å². The second kappa shape index (κ2) is 8.22. The fourth-order valence-corrected chi connectivity index (χ4v) is 5.58. The van der Waals surface area contributed by atoms with Crippen LogP contribution in [0.4, 0.5) is 0 Å². The maximum Gasteiger partial charge on any atom is 0.262 e. The molecule has 2 aromatic carbocycles. The number of aliphatic hydroxyl groups excluding tert-OH is 1. The number of piperidine rings is 1. The van der Waals surface area contributed by atoms with Gasteiger partial charge in [0, 0.05) is 31.3 Å². The molecule has 0 atom stereocenters. The summed E-state index contributed by atoms with van der Waals surface area (Å²) in [6.07, 6.45) is 0.405. The van der Waals surface area contributed by atoms with Crippen LogP contribution in [0.1, 0.15) is 12.8 Å². The third-order valence-electron chi connectivity index (χ3n) is 5.93. The highest BCUT2D eigenvalue weighted by atomic mass is 32.2. The Hall–Kier alpha value is -3.34. The van der Waals surface area contributed by atoms with Gasteiger partial charge in [-0.25, -0.2) is 18.1 Å². The molecule has 10 heteroatoms. The highest BCUT2D eigenvalue weighted by Gasteiger charge is 2.28. The lowest BCUT2D eigenvalue weighted by Gasteiger charge is -2.28. The second-order valence-corrected chi connectivity index (χ2v) is 10.0. The minimum Gasteiger partial charge on any atom is -0.393 e. The molecule has 33 heavy (non-hydrogen) atoms. The van der Waals surface area contributed by atoms with Crippen molar-refractivity contribution in [1.82, 2.24) is 24.1 Å². The van der Waals surface area contributed by atoms with Gasteiger partial charge in [0.15, 0.2) is 5.65 Å². The van der Waals surface area contributed by atoms with E-state index in [0.717, 1.165) is 5.56 Å². The van der Waals surface area contributed by atoms with Crippen molar-refractivity contribution in [3.63, 3.8) is 0 Å². The van der Waals surface area contributed by atoms with Crippen molar-refractivity contribution in [2.24, 2.45) is 7.05 Å². The third kappa shape index (κ3) is 3.86.